The van der Waals surface area contributed by atoms with Crippen LogP contribution in [-0.4, -0.2) is 14.8 Å². The molecule has 0 radical (unpaired) electrons. The lowest BCUT2D eigenvalue weighted by atomic mass is 10.2. The van der Waals surface area contributed by atoms with Crippen LogP contribution in [-0.2, 0) is 5.88 Å². The zero-order valence-corrected chi connectivity index (χ0v) is 11.0. The van der Waals surface area contributed by atoms with E-state index in [1.807, 2.05) is 30.1 Å². The van der Waals surface area contributed by atoms with Gasteiger partial charge in [-0.25, -0.2) is 4.68 Å². The minimum atomic E-state index is 0.444. The van der Waals surface area contributed by atoms with E-state index in [0.717, 1.165) is 20.5 Å². The molecule has 3 nitrogen and oxygen atoms in total. The summed E-state index contributed by atoms with van der Waals surface area (Å²) in [6.45, 7) is 1.95. The molecule has 0 aliphatic heterocycles. The SMILES string of the molecule is Cc1cc(-n2cc(I)cn2)c(CCl)cn1. The number of halogens is 2. The summed E-state index contributed by atoms with van der Waals surface area (Å²) in [5.74, 6) is 0.444. The van der Waals surface area contributed by atoms with E-state index in [1.54, 1.807) is 6.20 Å². The lowest BCUT2D eigenvalue weighted by Gasteiger charge is -2.07. The highest BCUT2D eigenvalue weighted by Crippen LogP contribution is 2.17. The number of aromatic nitrogens is 3. The normalized spacial score (nSPS) is 10.6. The van der Waals surface area contributed by atoms with Crippen molar-refractivity contribution in [2.45, 2.75) is 12.8 Å². The number of pyridine rings is 1. The molecule has 0 aromatic carbocycles. The molecule has 0 amide bonds. The highest BCUT2D eigenvalue weighted by Gasteiger charge is 2.06. The first-order valence-corrected chi connectivity index (χ1v) is 6.04. The van der Waals surface area contributed by atoms with Gasteiger partial charge in [-0.15, -0.1) is 11.6 Å². The van der Waals surface area contributed by atoms with Crippen LogP contribution in [0.1, 0.15) is 11.3 Å². The molecule has 0 N–H and O–H groups in total. The molecule has 0 saturated carbocycles. The monoisotopic (exact) mass is 333 g/mol. The van der Waals surface area contributed by atoms with Gasteiger partial charge in [-0.05, 0) is 35.6 Å². The fraction of sp³-hybridized carbons (Fsp3) is 0.200. The molecule has 0 aliphatic rings. The van der Waals surface area contributed by atoms with Crippen LogP contribution in [0.15, 0.2) is 24.7 Å². The summed E-state index contributed by atoms with van der Waals surface area (Å²) in [4.78, 5) is 4.22. The molecule has 0 aliphatic carbocycles. The molecule has 0 bridgehead atoms. The standard InChI is InChI=1S/C10H9ClIN3/c1-7-2-10(8(3-11)4-13-7)15-6-9(12)5-14-15/h2,4-6H,3H2,1H3. The molecule has 2 heterocycles. The summed E-state index contributed by atoms with van der Waals surface area (Å²) < 4.78 is 2.93. The minimum Gasteiger partial charge on any atom is -0.261 e. The van der Waals surface area contributed by atoms with Gasteiger partial charge in [0.05, 0.1) is 21.3 Å². The van der Waals surface area contributed by atoms with Gasteiger partial charge in [0.2, 0.25) is 0 Å². The van der Waals surface area contributed by atoms with E-state index >= 15 is 0 Å². The van der Waals surface area contributed by atoms with Crippen LogP contribution in [0.3, 0.4) is 0 Å². The molecule has 2 rings (SSSR count). The molecule has 0 fully saturated rings. The molecule has 0 atom stereocenters. The summed E-state index contributed by atoms with van der Waals surface area (Å²) in [7, 11) is 0. The second-order valence-corrected chi connectivity index (χ2v) is 4.70. The number of hydrogen-bond donors (Lipinski definition) is 0. The first-order chi connectivity index (χ1) is 7.20. The molecule has 2 aromatic rings. The van der Waals surface area contributed by atoms with Crippen LogP contribution >= 0.6 is 34.2 Å². The molecule has 5 heteroatoms. The third-order valence-corrected chi connectivity index (χ3v) is 2.89. The number of nitrogens with zero attached hydrogens (tertiary/aromatic N) is 3. The average Bonchev–Trinajstić information content (AvgIpc) is 2.65. The Morgan fingerprint density at radius 1 is 1.47 bits per heavy atom. The van der Waals surface area contributed by atoms with Crippen LogP contribution < -0.4 is 0 Å². The third-order valence-electron chi connectivity index (χ3n) is 2.04. The van der Waals surface area contributed by atoms with Gasteiger partial charge in [-0.2, -0.15) is 5.10 Å². The quantitative estimate of drug-likeness (QED) is 0.625. The number of rotatable bonds is 2. The number of hydrogen-bond acceptors (Lipinski definition) is 2. The van der Waals surface area contributed by atoms with Crippen molar-refractivity contribution in [3.05, 3.63) is 39.5 Å². The summed E-state index contributed by atoms with van der Waals surface area (Å²) in [6.07, 6.45) is 5.58. The van der Waals surface area contributed by atoms with E-state index in [2.05, 4.69) is 32.7 Å². The predicted octanol–water partition coefficient (Wildman–Crippen LogP) is 2.92. The van der Waals surface area contributed by atoms with Crippen LogP contribution in [0.4, 0.5) is 0 Å². The van der Waals surface area contributed by atoms with Crippen LogP contribution in [0.5, 0.6) is 0 Å². The Kier molecular flexibility index (Phi) is 3.25. The second kappa shape index (κ2) is 4.49. The van der Waals surface area contributed by atoms with Crippen molar-refractivity contribution in [3.63, 3.8) is 0 Å². The van der Waals surface area contributed by atoms with Gasteiger partial charge in [0, 0.05) is 23.7 Å². The Hall–Kier alpha value is -0.620. The summed E-state index contributed by atoms with van der Waals surface area (Å²) in [5.41, 5.74) is 2.95. The third kappa shape index (κ3) is 2.31. The van der Waals surface area contributed by atoms with Crippen molar-refractivity contribution in [2.24, 2.45) is 0 Å². The first kappa shape index (κ1) is 10.9. The van der Waals surface area contributed by atoms with E-state index in [0.29, 0.717) is 5.88 Å². The fourth-order valence-corrected chi connectivity index (χ4v) is 1.92. The zero-order valence-electron chi connectivity index (χ0n) is 8.11. The Balaban J connectivity index is 2.55. The molecular weight excluding hydrogens is 324 g/mol. The van der Waals surface area contributed by atoms with E-state index in [9.17, 15) is 0 Å². The fourth-order valence-electron chi connectivity index (χ4n) is 1.32. The second-order valence-electron chi connectivity index (χ2n) is 3.19. The van der Waals surface area contributed by atoms with Crippen LogP contribution in [0.2, 0.25) is 0 Å². The predicted molar refractivity (Wildman–Crippen MR) is 68.4 cm³/mol. The van der Waals surface area contributed by atoms with Crippen LogP contribution in [0.25, 0.3) is 5.69 Å². The summed E-state index contributed by atoms with van der Waals surface area (Å²) >= 11 is 8.09. The Bertz CT molecular complexity index is 481. The molecule has 15 heavy (non-hydrogen) atoms. The molecule has 0 saturated heterocycles. The highest BCUT2D eigenvalue weighted by molar-refractivity contribution is 14.1. The topological polar surface area (TPSA) is 30.7 Å². The summed E-state index contributed by atoms with van der Waals surface area (Å²) in [6, 6.07) is 1.99. The van der Waals surface area contributed by atoms with E-state index in [4.69, 9.17) is 11.6 Å². The van der Waals surface area contributed by atoms with Gasteiger partial charge in [0.1, 0.15) is 0 Å². The molecule has 0 spiro atoms. The van der Waals surface area contributed by atoms with Crippen molar-refractivity contribution in [1.29, 1.82) is 0 Å². The van der Waals surface area contributed by atoms with Gasteiger partial charge >= 0.3 is 0 Å². The minimum absolute atomic E-state index is 0.444. The average molecular weight is 334 g/mol. The molecular formula is C10H9ClIN3. The maximum Gasteiger partial charge on any atom is 0.0723 e. The van der Waals surface area contributed by atoms with Gasteiger partial charge in [0.25, 0.3) is 0 Å². The largest absolute Gasteiger partial charge is 0.261 e. The van der Waals surface area contributed by atoms with Gasteiger partial charge < -0.3 is 0 Å². The number of alkyl halides is 1. The molecule has 2 aromatic heterocycles. The summed E-state index contributed by atoms with van der Waals surface area (Å²) in [5, 5.41) is 4.26. The smallest absolute Gasteiger partial charge is 0.0723 e. The Morgan fingerprint density at radius 3 is 2.87 bits per heavy atom. The Morgan fingerprint density at radius 2 is 2.27 bits per heavy atom. The first-order valence-electron chi connectivity index (χ1n) is 4.42. The van der Waals surface area contributed by atoms with Gasteiger partial charge in [-0.3, -0.25) is 4.98 Å². The highest BCUT2D eigenvalue weighted by atomic mass is 127. The Labute approximate surface area is 107 Å². The van der Waals surface area contributed by atoms with Gasteiger partial charge in [0.15, 0.2) is 0 Å². The lowest BCUT2D eigenvalue weighted by Crippen LogP contribution is -2.00. The zero-order chi connectivity index (χ0) is 10.8. The maximum atomic E-state index is 5.86. The molecule has 0 unspecified atom stereocenters. The van der Waals surface area contributed by atoms with Gasteiger partial charge in [-0.1, -0.05) is 0 Å². The van der Waals surface area contributed by atoms with E-state index < -0.39 is 0 Å². The lowest BCUT2D eigenvalue weighted by molar-refractivity contribution is 0.863. The van der Waals surface area contributed by atoms with Crippen molar-refractivity contribution in [2.75, 3.05) is 0 Å². The van der Waals surface area contributed by atoms with Crippen LogP contribution in [0, 0.1) is 10.5 Å². The van der Waals surface area contributed by atoms with E-state index in [1.165, 1.54) is 0 Å². The maximum absolute atomic E-state index is 5.86. The van der Waals surface area contributed by atoms with Crippen molar-refractivity contribution in [3.8, 4) is 5.69 Å². The number of aryl methyl sites for hydroxylation is 1. The van der Waals surface area contributed by atoms with E-state index in [-0.39, 0.29) is 0 Å². The van der Waals surface area contributed by atoms with Crippen molar-refractivity contribution >= 4 is 34.2 Å². The van der Waals surface area contributed by atoms with Crippen molar-refractivity contribution < 1.29 is 0 Å². The van der Waals surface area contributed by atoms with Crippen molar-refractivity contribution in [1.82, 2.24) is 14.8 Å². The molecule has 78 valence electrons.